The smallest absolute Gasteiger partial charge is 0.234 e. The Morgan fingerprint density at radius 2 is 2.12 bits per heavy atom. The van der Waals surface area contributed by atoms with Crippen LogP contribution < -0.4 is 15.4 Å². The van der Waals surface area contributed by atoms with Gasteiger partial charge in [0.2, 0.25) is 5.91 Å². The zero-order valence-corrected chi connectivity index (χ0v) is 20.0. The maximum Gasteiger partial charge on any atom is 0.234 e. The minimum absolute atomic E-state index is 0.0258. The number of carbonyl (C=O) groups is 1. The molecule has 8 nitrogen and oxygen atoms in total. The average Bonchev–Trinajstić information content (AvgIpc) is 2.87. The fraction of sp³-hybridized carbons (Fsp3) is 0.400. The van der Waals surface area contributed by atoms with Gasteiger partial charge in [0.25, 0.3) is 0 Å². The number of methoxy groups -OCH3 is 1. The van der Waals surface area contributed by atoms with E-state index in [1.807, 2.05) is 36.5 Å². The van der Waals surface area contributed by atoms with Crippen LogP contribution in [0.1, 0.15) is 30.1 Å². The molecule has 2 aliphatic rings. The van der Waals surface area contributed by atoms with Crippen LogP contribution in [0.25, 0.3) is 10.9 Å². The molecule has 0 aliphatic carbocycles. The minimum atomic E-state index is -0.586. The number of pyridine rings is 2. The third-order valence-corrected chi connectivity index (χ3v) is 7.48. The standard InChI is InChI=1S/C25H29N5O3S/c1-33-18-2-3-21-20(11-18)19(4-7-26-21)23(31)14-30-8-5-17(6-9-30)27-12-16-10-22-25(28-13-16)34-15-24(32)29-22/h2-4,7,10-11,13,17,23,27,31H,5-6,8-9,12,14-15H2,1H3,(H,29,32)/t23-/m0/s1. The molecule has 2 aromatic heterocycles. The Balaban J connectivity index is 1.14. The third kappa shape index (κ3) is 5.17. The largest absolute Gasteiger partial charge is 0.497 e. The molecule has 3 aromatic rings. The molecule has 2 aliphatic heterocycles. The number of aliphatic hydroxyl groups excluding tert-OH is 1. The lowest BCUT2D eigenvalue weighted by Gasteiger charge is -2.34. The van der Waals surface area contributed by atoms with Crippen molar-refractivity contribution >= 4 is 34.3 Å². The highest BCUT2D eigenvalue weighted by Crippen LogP contribution is 2.30. The van der Waals surface area contributed by atoms with E-state index in [2.05, 4.69) is 25.5 Å². The van der Waals surface area contributed by atoms with Crippen molar-refractivity contribution in [3.8, 4) is 5.75 Å². The molecule has 1 amide bonds. The number of benzene rings is 1. The van der Waals surface area contributed by atoms with Gasteiger partial charge in [-0.3, -0.25) is 9.78 Å². The molecule has 34 heavy (non-hydrogen) atoms. The van der Waals surface area contributed by atoms with Crippen molar-refractivity contribution in [3.63, 3.8) is 0 Å². The SMILES string of the molecule is COc1ccc2nccc([C@@H](O)CN3CCC(NCc4cnc5c(c4)NC(=O)CS5)CC3)c2c1. The first-order valence-electron chi connectivity index (χ1n) is 11.6. The number of thioether (sulfide) groups is 1. The number of fused-ring (bicyclic) bond motifs is 2. The summed E-state index contributed by atoms with van der Waals surface area (Å²) in [5.41, 5.74) is 3.62. The lowest BCUT2D eigenvalue weighted by molar-refractivity contribution is -0.113. The summed E-state index contributed by atoms with van der Waals surface area (Å²) >= 11 is 1.48. The van der Waals surface area contributed by atoms with Crippen LogP contribution in [0.2, 0.25) is 0 Å². The number of hydrogen-bond acceptors (Lipinski definition) is 8. The van der Waals surface area contributed by atoms with Gasteiger partial charge in [-0.2, -0.15) is 0 Å². The Morgan fingerprint density at radius 3 is 2.94 bits per heavy atom. The topological polar surface area (TPSA) is 99.6 Å². The fourth-order valence-electron chi connectivity index (χ4n) is 4.61. The molecule has 1 fully saturated rings. The first-order chi connectivity index (χ1) is 16.6. The third-order valence-electron chi connectivity index (χ3n) is 6.48. The lowest BCUT2D eigenvalue weighted by atomic mass is 10.0. The summed E-state index contributed by atoms with van der Waals surface area (Å²) in [6.45, 7) is 3.17. The predicted molar refractivity (Wildman–Crippen MR) is 133 cm³/mol. The van der Waals surface area contributed by atoms with Gasteiger partial charge in [0.05, 0.1) is 30.2 Å². The number of likely N-dealkylation sites (tertiary alicyclic amines) is 1. The fourth-order valence-corrected chi connectivity index (χ4v) is 5.34. The number of hydrogen-bond donors (Lipinski definition) is 3. The Morgan fingerprint density at radius 1 is 1.26 bits per heavy atom. The molecule has 0 unspecified atom stereocenters. The summed E-state index contributed by atoms with van der Waals surface area (Å²) < 4.78 is 5.36. The Hall–Kier alpha value is -2.72. The Labute approximate surface area is 203 Å². The van der Waals surface area contributed by atoms with Gasteiger partial charge in [0, 0.05) is 36.9 Å². The number of nitrogens with zero attached hydrogens (tertiary/aromatic N) is 3. The number of ether oxygens (including phenoxy) is 1. The summed E-state index contributed by atoms with van der Waals surface area (Å²) in [4.78, 5) is 22.8. The van der Waals surface area contributed by atoms with Crippen LogP contribution in [-0.4, -0.2) is 64.4 Å². The van der Waals surface area contributed by atoms with Crippen LogP contribution >= 0.6 is 11.8 Å². The van der Waals surface area contributed by atoms with Crippen LogP contribution in [0.5, 0.6) is 5.75 Å². The van der Waals surface area contributed by atoms with Crippen molar-refractivity contribution in [2.24, 2.45) is 0 Å². The van der Waals surface area contributed by atoms with E-state index in [-0.39, 0.29) is 5.91 Å². The Kier molecular flexibility index (Phi) is 6.96. The van der Waals surface area contributed by atoms with E-state index in [1.165, 1.54) is 11.8 Å². The van der Waals surface area contributed by atoms with Gasteiger partial charge in [-0.25, -0.2) is 4.98 Å². The molecule has 4 heterocycles. The summed E-state index contributed by atoms with van der Waals surface area (Å²) in [6, 6.07) is 10.1. The zero-order valence-electron chi connectivity index (χ0n) is 19.2. The minimum Gasteiger partial charge on any atom is -0.497 e. The number of carbonyl (C=O) groups excluding carboxylic acids is 1. The molecule has 0 saturated carbocycles. The second-order valence-corrected chi connectivity index (χ2v) is 9.75. The quantitative estimate of drug-likeness (QED) is 0.476. The highest BCUT2D eigenvalue weighted by Gasteiger charge is 2.23. The molecular formula is C25H29N5O3S. The predicted octanol–water partition coefficient (Wildman–Crippen LogP) is 2.97. The number of aliphatic hydroxyl groups is 1. The van der Waals surface area contributed by atoms with Crippen molar-refractivity contribution in [1.29, 1.82) is 0 Å². The van der Waals surface area contributed by atoms with E-state index in [4.69, 9.17) is 4.74 Å². The zero-order chi connectivity index (χ0) is 23.5. The molecule has 0 radical (unpaired) electrons. The molecule has 3 N–H and O–H groups in total. The number of rotatable bonds is 7. The van der Waals surface area contributed by atoms with Gasteiger partial charge in [0.15, 0.2) is 0 Å². The molecule has 178 valence electrons. The maximum atomic E-state index is 11.6. The summed E-state index contributed by atoms with van der Waals surface area (Å²) in [5.74, 6) is 1.21. The number of anilines is 1. The molecule has 0 bridgehead atoms. The second-order valence-electron chi connectivity index (χ2n) is 8.79. The van der Waals surface area contributed by atoms with Gasteiger partial charge < -0.3 is 25.4 Å². The average molecular weight is 480 g/mol. The van der Waals surface area contributed by atoms with Crippen molar-refractivity contribution in [3.05, 3.63) is 53.9 Å². The Bertz CT molecular complexity index is 1180. The highest BCUT2D eigenvalue weighted by atomic mass is 32.2. The normalized spacial score (nSPS) is 17.9. The molecule has 0 spiro atoms. The monoisotopic (exact) mass is 479 g/mol. The number of β-amino-alcohol motifs (C(OH)–C–C–N with tert-alkyl or cyclic N) is 1. The maximum absolute atomic E-state index is 11.6. The van der Waals surface area contributed by atoms with Gasteiger partial charge in [-0.15, -0.1) is 0 Å². The number of nitrogens with one attached hydrogen (secondary N) is 2. The highest BCUT2D eigenvalue weighted by molar-refractivity contribution is 8.00. The van der Waals surface area contributed by atoms with Crippen LogP contribution in [0.15, 0.2) is 47.8 Å². The van der Waals surface area contributed by atoms with Crippen molar-refractivity contribution in [1.82, 2.24) is 20.2 Å². The second kappa shape index (κ2) is 10.3. The molecular weight excluding hydrogens is 450 g/mol. The van der Waals surface area contributed by atoms with Crippen LogP contribution in [0, 0.1) is 0 Å². The van der Waals surface area contributed by atoms with E-state index in [0.717, 1.165) is 71.0 Å². The van der Waals surface area contributed by atoms with Gasteiger partial charge in [0.1, 0.15) is 10.8 Å². The van der Waals surface area contributed by atoms with Crippen molar-refractivity contribution < 1.29 is 14.6 Å². The number of amides is 1. The van der Waals surface area contributed by atoms with Crippen LogP contribution in [0.3, 0.4) is 0 Å². The van der Waals surface area contributed by atoms with E-state index in [0.29, 0.717) is 18.3 Å². The van der Waals surface area contributed by atoms with Crippen LogP contribution in [0.4, 0.5) is 5.69 Å². The summed E-state index contributed by atoms with van der Waals surface area (Å²) in [5, 5.41) is 19.3. The van der Waals surface area contributed by atoms with E-state index < -0.39 is 6.10 Å². The molecule has 5 rings (SSSR count). The van der Waals surface area contributed by atoms with Gasteiger partial charge in [-0.05, 0) is 67.4 Å². The first-order valence-corrected chi connectivity index (χ1v) is 12.6. The van der Waals surface area contributed by atoms with Crippen LogP contribution in [-0.2, 0) is 11.3 Å². The summed E-state index contributed by atoms with van der Waals surface area (Å²) in [6.07, 6.45) is 5.08. The molecule has 1 aromatic carbocycles. The molecule has 9 heteroatoms. The number of aromatic nitrogens is 2. The lowest BCUT2D eigenvalue weighted by Crippen LogP contribution is -2.43. The van der Waals surface area contributed by atoms with E-state index >= 15 is 0 Å². The van der Waals surface area contributed by atoms with E-state index in [1.54, 1.807) is 13.3 Å². The van der Waals surface area contributed by atoms with Gasteiger partial charge in [-0.1, -0.05) is 11.8 Å². The summed E-state index contributed by atoms with van der Waals surface area (Å²) in [7, 11) is 1.64. The molecule has 1 saturated heterocycles. The first kappa shape index (κ1) is 23.0. The van der Waals surface area contributed by atoms with E-state index in [9.17, 15) is 9.90 Å². The number of piperidine rings is 1. The van der Waals surface area contributed by atoms with Crippen molar-refractivity contribution in [2.75, 3.05) is 37.8 Å². The van der Waals surface area contributed by atoms with Gasteiger partial charge >= 0.3 is 0 Å². The molecule has 1 atom stereocenters. The van der Waals surface area contributed by atoms with Crippen molar-refractivity contribution in [2.45, 2.75) is 36.6 Å².